The van der Waals surface area contributed by atoms with Gasteiger partial charge >= 0.3 is 0 Å². The van der Waals surface area contributed by atoms with Gasteiger partial charge < -0.3 is 20.7 Å². The van der Waals surface area contributed by atoms with Crippen molar-refractivity contribution in [3.63, 3.8) is 0 Å². The van der Waals surface area contributed by atoms with Gasteiger partial charge in [-0.15, -0.1) is 0 Å². The van der Waals surface area contributed by atoms with Gasteiger partial charge in [0.05, 0.1) is 0 Å². The van der Waals surface area contributed by atoms with E-state index in [4.69, 9.17) is 10.5 Å². The molecule has 0 spiro atoms. The van der Waals surface area contributed by atoms with E-state index in [1.54, 1.807) is 29.2 Å². The Bertz CT molecular complexity index is 504. The summed E-state index contributed by atoms with van der Waals surface area (Å²) in [6.45, 7) is 2.80. The molecule has 20 heavy (non-hydrogen) atoms. The third-order valence-electron chi connectivity index (χ3n) is 3.26. The highest BCUT2D eigenvalue weighted by Crippen LogP contribution is 2.15. The zero-order chi connectivity index (χ0) is 14.5. The molecular weight excluding hydrogens is 258 g/mol. The van der Waals surface area contributed by atoms with Gasteiger partial charge in [0.25, 0.3) is 5.91 Å². The number of anilines is 1. The van der Waals surface area contributed by atoms with Crippen molar-refractivity contribution in [2.75, 3.05) is 25.4 Å². The molecule has 6 nitrogen and oxygen atoms in total. The zero-order valence-corrected chi connectivity index (χ0v) is 11.5. The number of nitrogens with two attached hydrogens (primary N) is 1. The summed E-state index contributed by atoms with van der Waals surface area (Å²) < 4.78 is 5.43. The normalized spacial score (nSPS) is 18.6. The predicted octanol–water partition coefficient (Wildman–Crippen LogP) is 0.385. The van der Waals surface area contributed by atoms with Crippen LogP contribution in [0, 0.1) is 0 Å². The number of piperazine rings is 1. The number of carbonyl (C=O) groups is 2. The van der Waals surface area contributed by atoms with Crippen LogP contribution >= 0.6 is 0 Å². The average molecular weight is 277 g/mol. The maximum absolute atomic E-state index is 12.2. The molecule has 0 aliphatic carbocycles. The molecule has 1 aliphatic heterocycles. The summed E-state index contributed by atoms with van der Waals surface area (Å²) in [5, 5.41) is 2.76. The highest BCUT2D eigenvalue weighted by molar-refractivity contribution is 5.89. The number of carbonyl (C=O) groups excluding carboxylic acids is 2. The van der Waals surface area contributed by atoms with E-state index in [-0.39, 0.29) is 18.4 Å². The minimum Gasteiger partial charge on any atom is -0.484 e. The molecule has 6 heteroatoms. The molecular formula is C14H19N3O3. The Labute approximate surface area is 117 Å². The van der Waals surface area contributed by atoms with Gasteiger partial charge in [0, 0.05) is 24.8 Å². The van der Waals surface area contributed by atoms with Crippen molar-refractivity contribution >= 4 is 17.5 Å². The number of hydrogen-bond donors (Lipinski definition) is 2. The second-order valence-electron chi connectivity index (χ2n) is 4.66. The molecule has 1 aliphatic rings. The minimum atomic E-state index is -0.402. The van der Waals surface area contributed by atoms with Gasteiger partial charge in [-0.05, 0) is 18.6 Å². The van der Waals surface area contributed by atoms with Crippen LogP contribution in [0.15, 0.2) is 24.3 Å². The molecule has 1 aromatic rings. The number of amides is 2. The highest BCUT2D eigenvalue weighted by atomic mass is 16.5. The Morgan fingerprint density at radius 2 is 2.35 bits per heavy atom. The fraction of sp³-hybridized carbons (Fsp3) is 0.429. The lowest BCUT2D eigenvalue weighted by Crippen LogP contribution is -2.57. The average Bonchev–Trinajstić information content (AvgIpc) is 2.44. The minimum absolute atomic E-state index is 0.0900. The summed E-state index contributed by atoms with van der Waals surface area (Å²) in [5.74, 6) is 0.262. The maximum atomic E-state index is 12.2. The molecule has 1 saturated heterocycles. The maximum Gasteiger partial charge on any atom is 0.261 e. The van der Waals surface area contributed by atoms with Gasteiger partial charge in [-0.2, -0.15) is 0 Å². The molecule has 0 radical (unpaired) electrons. The van der Waals surface area contributed by atoms with Crippen molar-refractivity contribution in [1.82, 2.24) is 10.2 Å². The third kappa shape index (κ3) is 3.20. The first-order valence-corrected chi connectivity index (χ1v) is 6.67. The molecule has 0 saturated carbocycles. The van der Waals surface area contributed by atoms with Gasteiger partial charge in [0.15, 0.2) is 6.61 Å². The van der Waals surface area contributed by atoms with Gasteiger partial charge in [0.2, 0.25) is 5.91 Å². The first-order chi connectivity index (χ1) is 9.61. The van der Waals surface area contributed by atoms with E-state index < -0.39 is 6.04 Å². The lowest BCUT2D eigenvalue weighted by atomic mass is 10.1. The van der Waals surface area contributed by atoms with Crippen LogP contribution in [0.4, 0.5) is 5.69 Å². The summed E-state index contributed by atoms with van der Waals surface area (Å²) in [5.41, 5.74) is 6.22. The summed E-state index contributed by atoms with van der Waals surface area (Å²) in [6.07, 6.45) is 0.593. The molecule has 1 fully saturated rings. The SMILES string of the molecule is CCC1C(=O)NCCN1C(=O)COc1cccc(N)c1. The van der Waals surface area contributed by atoms with Crippen LogP contribution < -0.4 is 15.8 Å². The van der Waals surface area contributed by atoms with Crippen molar-refractivity contribution in [3.05, 3.63) is 24.3 Å². The largest absolute Gasteiger partial charge is 0.484 e. The van der Waals surface area contributed by atoms with Crippen LogP contribution in [0.1, 0.15) is 13.3 Å². The van der Waals surface area contributed by atoms with Gasteiger partial charge in [0.1, 0.15) is 11.8 Å². The van der Waals surface area contributed by atoms with E-state index in [0.29, 0.717) is 30.9 Å². The molecule has 1 atom stereocenters. The number of nitrogens with one attached hydrogen (secondary N) is 1. The van der Waals surface area contributed by atoms with Crippen molar-refractivity contribution < 1.29 is 14.3 Å². The van der Waals surface area contributed by atoms with Crippen molar-refractivity contribution in [2.24, 2.45) is 0 Å². The molecule has 0 aromatic heterocycles. The third-order valence-corrected chi connectivity index (χ3v) is 3.26. The molecule has 0 bridgehead atoms. The Morgan fingerprint density at radius 3 is 3.05 bits per heavy atom. The van der Waals surface area contributed by atoms with E-state index in [0.717, 1.165) is 0 Å². The number of ether oxygens (including phenoxy) is 1. The number of rotatable bonds is 4. The van der Waals surface area contributed by atoms with E-state index in [1.165, 1.54) is 0 Å². The topological polar surface area (TPSA) is 84.7 Å². The van der Waals surface area contributed by atoms with Gasteiger partial charge in [-0.3, -0.25) is 9.59 Å². The monoisotopic (exact) mass is 277 g/mol. The summed E-state index contributed by atoms with van der Waals surface area (Å²) in [4.78, 5) is 25.4. The van der Waals surface area contributed by atoms with Crippen LogP contribution in [0.2, 0.25) is 0 Å². The van der Waals surface area contributed by atoms with Crippen LogP contribution in [0.25, 0.3) is 0 Å². The van der Waals surface area contributed by atoms with E-state index in [2.05, 4.69) is 5.32 Å². The van der Waals surface area contributed by atoms with Crippen molar-refractivity contribution in [3.8, 4) is 5.75 Å². The van der Waals surface area contributed by atoms with Gasteiger partial charge in [-0.1, -0.05) is 13.0 Å². The lowest BCUT2D eigenvalue weighted by molar-refractivity contribution is -0.144. The molecule has 1 heterocycles. The van der Waals surface area contributed by atoms with E-state index in [9.17, 15) is 9.59 Å². The number of hydrogen-bond acceptors (Lipinski definition) is 4. The first kappa shape index (κ1) is 14.2. The van der Waals surface area contributed by atoms with E-state index >= 15 is 0 Å². The number of nitrogens with zero attached hydrogens (tertiary/aromatic N) is 1. The Morgan fingerprint density at radius 1 is 1.55 bits per heavy atom. The highest BCUT2D eigenvalue weighted by Gasteiger charge is 2.31. The predicted molar refractivity (Wildman–Crippen MR) is 75.2 cm³/mol. The summed E-state index contributed by atoms with van der Waals surface area (Å²) in [7, 11) is 0. The molecule has 2 amide bonds. The molecule has 1 unspecified atom stereocenters. The van der Waals surface area contributed by atoms with Crippen molar-refractivity contribution in [1.29, 1.82) is 0 Å². The standard InChI is InChI=1S/C14H19N3O3/c1-2-12-14(19)16-6-7-17(12)13(18)9-20-11-5-3-4-10(15)8-11/h3-5,8,12H,2,6-7,9,15H2,1H3,(H,16,19). The summed E-state index contributed by atoms with van der Waals surface area (Å²) in [6, 6.07) is 6.51. The zero-order valence-electron chi connectivity index (χ0n) is 11.5. The fourth-order valence-electron chi connectivity index (χ4n) is 2.25. The number of nitrogen functional groups attached to an aromatic ring is 1. The van der Waals surface area contributed by atoms with Crippen LogP contribution in [-0.4, -0.2) is 42.5 Å². The Kier molecular flexibility index (Phi) is 4.45. The molecule has 3 N–H and O–H groups in total. The van der Waals surface area contributed by atoms with Crippen molar-refractivity contribution in [2.45, 2.75) is 19.4 Å². The molecule has 2 rings (SSSR count). The summed E-state index contributed by atoms with van der Waals surface area (Å²) >= 11 is 0. The Hall–Kier alpha value is -2.24. The molecule has 1 aromatic carbocycles. The number of benzene rings is 1. The smallest absolute Gasteiger partial charge is 0.261 e. The fourth-order valence-corrected chi connectivity index (χ4v) is 2.25. The second kappa shape index (κ2) is 6.27. The molecule has 108 valence electrons. The van der Waals surface area contributed by atoms with E-state index in [1.807, 2.05) is 6.92 Å². The van der Waals surface area contributed by atoms with Crippen LogP contribution in [0.3, 0.4) is 0 Å². The first-order valence-electron chi connectivity index (χ1n) is 6.67. The van der Waals surface area contributed by atoms with Crippen LogP contribution in [-0.2, 0) is 9.59 Å². The van der Waals surface area contributed by atoms with Gasteiger partial charge in [-0.25, -0.2) is 0 Å². The quantitative estimate of drug-likeness (QED) is 0.779. The second-order valence-corrected chi connectivity index (χ2v) is 4.66. The Balaban J connectivity index is 1.95. The van der Waals surface area contributed by atoms with Crippen LogP contribution in [0.5, 0.6) is 5.75 Å². The lowest BCUT2D eigenvalue weighted by Gasteiger charge is -2.34.